The van der Waals surface area contributed by atoms with E-state index in [0.29, 0.717) is 5.57 Å². The molecule has 0 amide bonds. The van der Waals surface area contributed by atoms with E-state index in [0.717, 1.165) is 0 Å². The standard InChI is InChI=1S/C8H8ClFO/c1-4-5(2)7(6(3)10)8(9)11/h4H,1,3H2,2H3/b7-5+. The summed E-state index contributed by atoms with van der Waals surface area (Å²) in [7, 11) is 0. The number of rotatable bonds is 3. The van der Waals surface area contributed by atoms with E-state index in [2.05, 4.69) is 13.2 Å². The number of hydrogen-bond acceptors (Lipinski definition) is 1. The largest absolute Gasteiger partial charge is 0.275 e. The van der Waals surface area contributed by atoms with Gasteiger partial charge in [-0.1, -0.05) is 19.2 Å². The Balaban J connectivity index is 5.04. The van der Waals surface area contributed by atoms with Crippen LogP contribution in [0.5, 0.6) is 0 Å². The van der Waals surface area contributed by atoms with E-state index in [4.69, 9.17) is 11.6 Å². The third-order valence-electron chi connectivity index (χ3n) is 1.17. The summed E-state index contributed by atoms with van der Waals surface area (Å²) in [5, 5.41) is -0.852. The summed E-state index contributed by atoms with van der Waals surface area (Å²) in [6, 6.07) is 0. The molecule has 0 fully saturated rings. The first-order valence-electron chi connectivity index (χ1n) is 2.88. The maximum Gasteiger partial charge on any atom is 0.255 e. The van der Waals surface area contributed by atoms with E-state index in [1.165, 1.54) is 13.0 Å². The van der Waals surface area contributed by atoms with Gasteiger partial charge >= 0.3 is 0 Å². The molecular formula is C8H8ClFO. The monoisotopic (exact) mass is 174 g/mol. The molecule has 1 nitrogen and oxygen atoms in total. The Kier molecular flexibility index (Phi) is 3.76. The average Bonchev–Trinajstić information content (AvgIpc) is 1.85. The van der Waals surface area contributed by atoms with Crippen molar-refractivity contribution in [2.75, 3.05) is 0 Å². The molecule has 0 unspecified atom stereocenters. The average molecular weight is 175 g/mol. The van der Waals surface area contributed by atoms with Crippen molar-refractivity contribution in [3.63, 3.8) is 0 Å². The molecule has 0 saturated carbocycles. The highest BCUT2D eigenvalue weighted by Gasteiger charge is 2.11. The SMILES string of the molecule is C=C/C(C)=C(\C(=C)F)C(=O)Cl. The predicted octanol–water partition coefficient (Wildman–Crippen LogP) is 2.74. The highest BCUT2D eigenvalue weighted by atomic mass is 35.5. The summed E-state index contributed by atoms with van der Waals surface area (Å²) in [6.45, 7) is 7.87. The Hall–Kier alpha value is -0.890. The first-order chi connectivity index (χ1) is 5.00. The van der Waals surface area contributed by atoms with Gasteiger partial charge in [-0.25, -0.2) is 4.39 Å². The lowest BCUT2D eigenvalue weighted by molar-refractivity contribution is -0.108. The lowest BCUT2D eigenvalue weighted by atomic mass is 10.1. The highest BCUT2D eigenvalue weighted by Crippen LogP contribution is 2.17. The van der Waals surface area contributed by atoms with E-state index < -0.39 is 11.1 Å². The molecule has 0 heterocycles. The fourth-order valence-corrected chi connectivity index (χ4v) is 0.829. The highest BCUT2D eigenvalue weighted by molar-refractivity contribution is 6.68. The second-order valence-electron chi connectivity index (χ2n) is 1.94. The van der Waals surface area contributed by atoms with Crippen molar-refractivity contribution in [2.45, 2.75) is 6.92 Å². The van der Waals surface area contributed by atoms with E-state index in [9.17, 15) is 9.18 Å². The van der Waals surface area contributed by atoms with Gasteiger partial charge in [0.2, 0.25) is 0 Å². The first kappa shape index (κ1) is 10.1. The van der Waals surface area contributed by atoms with Crippen LogP contribution in [0.3, 0.4) is 0 Å². The molecule has 0 atom stereocenters. The minimum Gasteiger partial charge on any atom is -0.275 e. The molecule has 0 N–H and O–H groups in total. The zero-order chi connectivity index (χ0) is 9.02. The van der Waals surface area contributed by atoms with Gasteiger partial charge in [0, 0.05) is 0 Å². The molecular weight excluding hydrogens is 167 g/mol. The zero-order valence-electron chi connectivity index (χ0n) is 6.16. The first-order valence-corrected chi connectivity index (χ1v) is 3.26. The normalized spacial score (nSPS) is 11.9. The fourth-order valence-electron chi connectivity index (χ4n) is 0.578. The van der Waals surface area contributed by atoms with Crippen LogP contribution in [-0.2, 0) is 4.79 Å². The molecule has 0 bridgehead atoms. The van der Waals surface area contributed by atoms with E-state index in [1.54, 1.807) is 0 Å². The Morgan fingerprint density at radius 2 is 2.09 bits per heavy atom. The van der Waals surface area contributed by atoms with Crippen LogP contribution in [0.2, 0.25) is 0 Å². The van der Waals surface area contributed by atoms with Gasteiger partial charge in [0.05, 0.1) is 5.57 Å². The van der Waals surface area contributed by atoms with Gasteiger partial charge in [-0.2, -0.15) is 0 Å². The molecule has 0 aliphatic rings. The number of allylic oxidation sites excluding steroid dienone is 4. The van der Waals surface area contributed by atoms with Crippen LogP contribution in [0.4, 0.5) is 4.39 Å². The minimum absolute atomic E-state index is 0.207. The maximum absolute atomic E-state index is 12.4. The van der Waals surface area contributed by atoms with Crippen molar-refractivity contribution >= 4 is 16.8 Å². The maximum atomic E-state index is 12.4. The molecule has 0 saturated heterocycles. The third-order valence-corrected chi connectivity index (χ3v) is 1.36. The van der Waals surface area contributed by atoms with Crippen LogP contribution in [0.1, 0.15) is 6.92 Å². The Morgan fingerprint density at radius 1 is 1.64 bits per heavy atom. The molecule has 0 radical (unpaired) electrons. The van der Waals surface area contributed by atoms with Crippen molar-refractivity contribution in [2.24, 2.45) is 0 Å². The van der Waals surface area contributed by atoms with E-state index in [-0.39, 0.29) is 5.57 Å². The van der Waals surface area contributed by atoms with Crippen LogP contribution in [-0.4, -0.2) is 5.24 Å². The number of hydrogen-bond donors (Lipinski definition) is 0. The molecule has 60 valence electrons. The predicted molar refractivity (Wildman–Crippen MR) is 44.0 cm³/mol. The smallest absolute Gasteiger partial charge is 0.255 e. The summed E-state index contributed by atoms with van der Waals surface area (Å²) < 4.78 is 12.4. The minimum atomic E-state index is -0.852. The summed E-state index contributed by atoms with van der Waals surface area (Å²) in [5.74, 6) is -0.831. The van der Waals surface area contributed by atoms with Crippen molar-refractivity contribution in [1.82, 2.24) is 0 Å². The van der Waals surface area contributed by atoms with Gasteiger partial charge in [0.15, 0.2) is 0 Å². The molecule has 0 aromatic carbocycles. The molecule has 0 aliphatic carbocycles. The second-order valence-corrected chi connectivity index (χ2v) is 2.28. The van der Waals surface area contributed by atoms with Crippen molar-refractivity contribution in [1.29, 1.82) is 0 Å². The van der Waals surface area contributed by atoms with Gasteiger partial charge < -0.3 is 0 Å². The molecule has 3 heteroatoms. The third kappa shape index (κ3) is 2.68. The van der Waals surface area contributed by atoms with Gasteiger partial charge in [0.1, 0.15) is 5.83 Å². The Bertz CT molecular complexity index is 224. The van der Waals surface area contributed by atoms with Gasteiger partial charge in [0.25, 0.3) is 5.24 Å². The Labute approximate surface area is 69.9 Å². The van der Waals surface area contributed by atoms with Crippen LogP contribution >= 0.6 is 11.6 Å². The van der Waals surface area contributed by atoms with Gasteiger partial charge in [-0.15, -0.1) is 0 Å². The van der Waals surface area contributed by atoms with E-state index >= 15 is 0 Å². The van der Waals surface area contributed by atoms with Crippen molar-refractivity contribution < 1.29 is 9.18 Å². The molecule has 0 aromatic rings. The Morgan fingerprint density at radius 3 is 2.18 bits per heavy atom. The number of halogens is 2. The lowest BCUT2D eigenvalue weighted by Crippen LogP contribution is -1.96. The topological polar surface area (TPSA) is 17.1 Å². The van der Waals surface area contributed by atoms with E-state index in [1.807, 2.05) is 0 Å². The quantitative estimate of drug-likeness (QED) is 0.365. The lowest BCUT2D eigenvalue weighted by Gasteiger charge is -1.99. The van der Waals surface area contributed by atoms with Crippen molar-refractivity contribution in [3.8, 4) is 0 Å². The molecule has 11 heavy (non-hydrogen) atoms. The molecule has 0 spiro atoms. The number of carbonyl (C=O) groups is 1. The summed E-state index contributed by atoms with van der Waals surface area (Å²) >= 11 is 5.07. The molecule has 0 aromatic heterocycles. The van der Waals surface area contributed by atoms with Gasteiger partial charge in [-0.05, 0) is 24.1 Å². The summed E-state index contributed by atoms with van der Waals surface area (Å²) in [6.07, 6.45) is 1.35. The van der Waals surface area contributed by atoms with Crippen LogP contribution in [0.15, 0.2) is 36.2 Å². The van der Waals surface area contributed by atoms with Crippen LogP contribution in [0.25, 0.3) is 0 Å². The number of carbonyl (C=O) groups excluding carboxylic acids is 1. The van der Waals surface area contributed by atoms with Crippen LogP contribution in [0, 0.1) is 0 Å². The molecule has 0 aliphatic heterocycles. The molecule has 0 rings (SSSR count). The van der Waals surface area contributed by atoms with Crippen molar-refractivity contribution in [3.05, 3.63) is 36.2 Å². The van der Waals surface area contributed by atoms with Crippen LogP contribution < -0.4 is 0 Å². The van der Waals surface area contributed by atoms with Gasteiger partial charge in [-0.3, -0.25) is 4.79 Å². The second kappa shape index (κ2) is 4.09. The summed E-state index contributed by atoms with van der Waals surface area (Å²) in [5.41, 5.74) is 0.180. The fraction of sp³-hybridized carbons (Fsp3) is 0.125. The summed E-state index contributed by atoms with van der Waals surface area (Å²) in [4.78, 5) is 10.5. The zero-order valence-corrected chi connectivity index (χ0v) is 6.91.